The Labute approximate surface area is 111 Å². The monoisotopic (exact) mass is 285 g/mol. The average Bonchev–Trinajstić information content (AvgIpc) is 2.27. The van der Waals surface area contributed by atoms with Crippen LogP contribution >= 0.6 is 0 Å². The molecule has 0 saturated carbocycles. The van der Waals surface area contributed by atoms with Crippen LogP contribution in [0.2, 0.25) is 0 Å². The van der Waals surface area contributed by atoms with E-state index >= 15 is 0 Å². The molecule has 19 heavy (non-hydrogen) atoms. The third-order valence-corrected chi connectivity index (χ3v) is 4.80. The number of nitrogens with one attached hydrogen (secondary N) is 1. The molecule has 1 N–H and O–H groups in total. The van der Waals surface area contributed by atoms with Gasteiger partial charge in [0.2, 0.25) is 0 Å². The van der Waals surface area contributed by atoms with Crippen molar-refractivity contribution >= 4 is 15.6 Å². The van der Waals surface area contributed by atoms with E-state index in [2.05, 4.69) is 5.32 Å². The zero-order chi connectivity index (χ0) is 13.9. The highest BCUT2D eigenvalue weighted by Gasteiger charge is 2.25. The second kappa shape index (κ2) is 5.79. The Balaban J connectivity index is 1.91. The molecule has 4 nitrogen and oxygen atoms in total. The van der Waals surface area contributed by atoms with E-state index < -0.39 is 9.84 Å². The summed E-state index contributed by atoms with van der Waals surface area (Å²) in [6.45, 7) is 0.389. The van der Waals surface area contributed by atoms with Crippen molar-refractivity contribution < 1.29 is 17.6 Å². The van der Waals surface area contributed by atoms with E-state index in [-0.39, 0.29) is 42.0 Å². The van der Waals surface area contributed by atoms with Gasteiger partial charge in [-0.25, -0.2) is 12.8 Å². The number of carbonyl (C=O) groups is 1. The Morgan fingerprint density at radius 1 is 1.42 bits per heavy atom. The van der Waals surface area contributed by atoms with Crippen molar-refractivity contribution in [1.82, 2.24) is 5.32 Å². The van der Waals surface area contributed by atoms with Crippen LogP contribution < -0.4 is 5.32 Å². The molecule has 1 atom stereocenters. The number of Topliss-reactive ketones (excluding diaryl/α,β-unsaturated/α-hetero) is 1. The summed E-state index contributed by atoms with van der Waals surface area (Å²) in [5, 5.41) is 3.03. The van der Waals surface area contributed by atoms with Crippen molar-refractivity contribution in [1.29, 1.82) is 0 Å². The Kier molecular flexibility index (Phi) is 4.31. The van der Waals surface area contributed by atoms with Gasteiger partial charge in [-0.2, -0.15) is 0 Å². The highest BCUT2D eigenvalue weighted by atomic mass is 32.2. The number of carbonyl (C=O) groups excluding carboxylic acids is 1. The first kappa shape index (κ1) is 14.1. The smallest absolute Gasteiger partial charge is 0.153 e. The lowest BCUT2D eigenvalue weighted by Crippen LogP contribution is -2.46. The molecule has 0 spiro atoms. The SMILES string of the molecule is O=C(Cc1cccc(F)c1)CC1CS(=O)(=O)CCN1. The zero-order valence-corrected chi connectivity index (χ0v) is 11.2. The molecule has 1 aliphatic heterocycles. The van der Waals surface area contributed by atoms with E-state index in [1.165, 1.54) is 12.1 Å². The number of rotatable bonds is 4. The third kappa shape index (κ3) is 4.40. The van der Waals surface area contributed by atoms with Crippen molar-refractivity contribution in [3.8, 4) is 0 Å². The fourth-order valence-electron chi connectivity index (χ4n) is 2.22. The molecule has 1 saturated heterocycles. The molecule has 6 heteroatoms. The Hall–Kier alpha value is -1.27. The normalized spacial score (nSPS) is 22.1. The van der Waals surface area contributed by atoms with Crippen LogP contribution in [0.1, 0.15) is 12.0 Å². The standard InChI is InChI=1S/C13H16FNO3S/c14-11-3-1-2-10(6-11)7-13(16)8-12-9-19(17,18)5-4-15-12/h1-3,6,12,15H,4-5,7-9H2. The Morgan fingerprint density at radius 2 is 2.21 bits per heavy atom. The van der Waals surface area contributed by atoms with Crippen molar-refractivity contribution in [2.24, 2.45) is 0 Å². The summed E-state index contributed by atoms with van der Waals surface area (Å²) in [4.78, 5) is 11.8. The van der Waals surface area contributed by atoms with E-state index in [1.807, 2.05) is 0 Å². The van der Waals surface area contributed by atoms with Gasteiger partial charge in [0.25, 0.3) is 0 Å². The maximum atomic E-state index is 13.0. The van der Waals surface area contributed by atoms with Crippen LogP contribution in [-0.4, -0.2) is 38.3 Å². The molecule has 0 radical (unpaired) electrons. The molecule has 1 aromatic rings. The minimum absolute atomic E-state index is 0.00188. The molecule has 0 bridgehead atoms. The van der Waals surface area contributed by atoms with E-state index in [0.29, 0.717) is 12.1 Å². The summed E-state index contributed by atoms with van der Waals surface area (Å²) in [5.41, 5.74) is 0.615. The second-order valence-electron chi connectivity index (χ2n) is 4.81. The maximum Gasteiger partial charge on any atom is 0.153 e. The number of hydrogen-bond acceptors (Lipinski definition) is 4. The molecule has 1 unspecified atom stereocenters. The fourth-order valence-corrected chi connectivity index (χ4v) is 3.66. The maximum absolute atomic E-state index is 13.0. The van der Waals surface area contributed by atoms with Gasteiger partial charge in [0.15, 0.2) is 9.84 Å². The average molecular weight is 285 g/mol. The lowest BCUT2D eigenvalue weighted by molar-refractivity contribution is -0.118. The molecule has 0 aromatic heterocycles. The molecule has 1 fully saturated rings. The van der Waals surface area contributed by atoms with Gasteiger partial charge in [-0.3, -0.25) is 4.79 Å². The van der Waals surface area contributed by atoms with Crippen LogP contribution in [0.25, 0.3) is 0 Å². The van der Waals surface area contributed by atoms with Crippen molar-refractivity contribution in [3.05, 3.63) is 35.6 Å². The van der Waals surface area contributed by atoms with Gasteiger partial charge < -0.3 is 5.32 Å². The molecule has 1 aromatic carbocycles. The van der Waals surface area contributed by atoms with Gasteiger partial charge >= 0.3 is 0 Å². The zero-order valence-electron chi connectivity index (χ0n) is 10.4. The minimum Gasteiger partial charge on any atom is -0.312 e. The van der Waals surface area contributed by atoms with Gasteiger partial charge in [0.1, 0.15) is 11.6 Å². The van der Waals surface area contributed by atoms with E-state index in [9.17, 15) is 17.6 Å². The highest BCUT2D eigenvalue weighted by Crippen LogP contribution is 2.09. The van der Waals surface area contributed by atoms with Crippen molar-refractivity contribution in [2.45, 2.75) is 18.9 Å². The van der Waals surface area contributed by atoms with Crippen LogP contribution in [0.5, 0.6) is 0 Å². The number of ketones is 1. The molecule has 1 aliphatic rings. The van der Waals surface area contributed by atoms with Gasteiger partial charge in [-0.15, -0.1) is 0 Å². The summed E-state index contributed by atoms with van der Waals surface area (Å²) >= 11 is 0. The van der Waals surface area contributed by atoms with Crippen molar-refractivity contribution in [2.75, 3.05) is 18.1 Å². The molecular formula is C13H16FNO3S. The van der Waals surface area contributed by atoms with Crippen LogP contribution in [0.3, 0.4) is 0 Å². The lowest BCUT2D eigenvalue weighted by atomic mass is 10.0. The summed E-state index contributed by atoms with van der Waals surface area (Å²) in [6, 6.07) is 5.57. The molecule has 0 aliphatic carbocycles. The number of halogens is 1. The summed E-state index contributed by atoms with van der Waals surface area (Å²) < 4.78 is 35.9. The van der Waals surface area contributed by atoms with Gasteiger partial charge in [-0.1, -0.05) is 12.1 Å². The number of benzene rings is 1. The molecule has 1 heterocycles. The summed E-state index contributed by atoms with van der Waals surface area (Å²) in [6.07, 6.45) is 0.297. The fraction of sp³-hybridized carbons (Fsp3) is 0.462. The van der Waals surface area contributed by atoms with E-state index in [1.54, 1.807) is 12.1 Å². The van der Waals surface area contributed by atoms with Gasteiger partial charge in [0.05, 0.1) is 11.5 Å². The second-order valence-corrected chi connectivity index (χ2v) is 7.04. The lowest BCUT2D eigenvalue weighted by Gasteiger charge is -2.22. The third-order valence-electron chi connectivity index (χ3n) is 3.07. The topological polar surface area (TPSA) is 63.2 Å². The van der Waals surface area contributed by atoms with Gasteiger partial charge in [0, 0.05) is 25.4 Å². The van der Waals surface area contributed by atoms with Crippen LogP contribution in [-0.2, 0) is 21.1 Å². The largest absolute Gasteiger partial charge is 0.312 e. The predicted molar refractivity (Wildman–Crippen MR) is 70.2 cm³/mol. The van der Waals surface area contributed by atoms with E-state index in [4.69, 9.17) is 0 Å². The minimum atomic E-state index is -3.03. The number of hydrogen-bond donors (Lipinski definition) is 1. The molecule has 0 amide bonds. The Bertz CT molecular complexity index is 571. The van der Waals surface area contributed by atoms with Crippen molar-refractivity contribution in [3.63, 3.8) is 0 Å². The highest BCUT2D eigenvalue weighted by molar-refractivity contribution is 7.91. The van der Waals surface area contributed by atoms with E-state index in [0.717, 1.165) is 0 Å². The first-order chi connectivity index (χ1) is 8.94. The van der Waals surface area contributed by atoms with Gasteiger partial charge in [-0.05, 0) is 17.7 Å². The molecular weight excluding hydrogens is 269 g/mol. The van der Waals surface area contributed by atoms with Crippen LogP contribution in [0.4, 0.5) is 4.39 Å². The first-order valence-electron chi connectivity index (χ1n) is 6.14. The summed E-state index contributed by atoms with van der Waals surface area (Å²) in [5.74, 6) is -0.326. The Morgan fingerprint density at radius 3 is 2.89 bits per heavy atom. The first-order valence-corrected chi connectivity index (χ1v) is 7.97. The van der Waals surface area contributed by atoms with Crippen LogP contribution in [0.15, 0.2) is 24.3 Å². The molecule has 2 rings (SSSR count). The quantitative estimate of drug-likeness (QED) is 0.885. The predicted octanol–water partition coefficient (Wildman–Crippen LogP) is 0.714. The van der Waals surface area contributed by atoms with Crippen LogP contribution in [0, 0.1) is 5.82 Å². The molecule has 104 valence electrons. The summed E-state index contributed by atoms with van der Waals surface area (Å²) in [7, 11) is -3.03. The number of sulfone groups is 1.